The number of aliphatic carboxylic acids is 1. The zero-order chi connectivity index (χ0) is 26.2. The Hall–Kier alpha value is -4.44. The number of carbonyl (C=O) groups excluding carboxylic acids is 2. The van der Waals surface area contributed by atoms with Crippen molar-refractivity contribution in [1.82, 2.24) is 20.1 Å². The number of amides is 1. The first-order valence-electron chi connectivity index (χ1n) is 11.4. The first-order chi connectivity index (χ1) is 17.9. The molecule has 0 spiro atoms. The molecule has 0 aliphatic carbocycles. The van der Waals surface area contributed by atoms with Crippen LogP contribution in [0.5, 0.6) is 0 Å². The minimum Gasteiger partial charge on any atom is -0.481 e. The van der Waals surface area contributed by atoms with Crippen LogP contribution >= 0.6 is 11.8 Å². The highest BCUT2D eigenvalue weighted by Crippen LogP contribution is 2.33. The summed E-state index contributed by atoms with van der Waals surface area (Å²) in [5, 5.41) is 16.9. The Bertz CT molecular complexity index is 1470. The number of fused-ring (bicyclic) bond motifs is 1. The lowest BCUT2D eigenvalue weighted by Gasteiger charge is -2.09. The van der Waals surface area contributed by atoms with Crippen molar-refractivity contribution < 1.29 is 24.2 Å². The van der Waals surface area contributed by atoms with Crippen LogP contribution in [0.3, 0.4) is 0 Å². The van der Waals surface area contributed by atoms with Crippen molar-refractivity contribution in [2.45, 2.75) is 29.4 Å². The van der Waals surface area contributed by atoms with E-state index in [0.717, 1.165) is 20.9 Å². The van der Waals surface area contributed by atoms with Crippen LogP contribution in [0, 0.1) is 0 Å². The van der Waals surface area contributed by atoms with E-state index in [1.165, 1.54) is 11.8 Å². The molecule has 4 rings (SSSR count). The molecule has 2 N–H and O–H groups in total. The van der Waals surface area contributed by atoms with Crippen molar-refractivity contribution in [2.75, 3.05) is 7.05 Å². The van der Waals surface area contributed by atoms with Crippen molar-refractivity contribution in [1.29, 1.82) is 0 Å². The second-order valence-electron chi connectivity index (χ2n) is 7.87. The number of pyridine rings is 1. The number of carboxylic acids is 1. The van der Waals surface area contributed by atoms with Gasteiger partial charge in [-0.3, -0.25) is 19.4 Å². The van der Waals surface area contributed by atoms with E-state index < -0.39 is 11.9 Å². The Kier molecular flexibility index (Phi) is 8.32. The number of esters is 1. The van der Waals surface area contributed by atoms with Gasteiger partial charge in [-0.05, 0) is 54.6 Å². The second kappa shape index (κ2) is 12.0. The van der Waals surface area contributed by atoms with Gasteiger partial charge in [0.25, 0.3) is 5.91 Å². The van der Waals surface area contributed by atoms with Crippen LogP contribution in [-0.2, 0) is 21.1 Å². The fraction of sp³-hybridized carbons (Fsp3) is 0.148. The van der Waals surface area contributed by atoms with E-state index in [-0.39, 0.29) is 25.5 Å². The van der Waals surface area contributed by atoms with E-state index in [1.54, 1.807) is 24.0 Å². The summed E-state index contributed by atoms with van der Waals surface area (Å²) in [5.74, 6) is -1.87. The number of nitrogens with one attached hydrogen (secondary N) is 1. The fourth-order valence-corrected chi connectivity index (χ4v) is 4.50. The molecule has 1 amide bonds. The molecule has 9 nitrogen and oxygen atoms in total. The molecule has 0 bridgehead atoms. The largest absolute Gasteiger partial charge is 0.481 e. The smallest absolute Gasteiger partial charge is 0.308 e. The van der Waals surface area contributed by atoms with Crippen molar-refractivity contribution in [2.24, 2.45) is 0 Å². The Balaban J connectivity index is 1.66. The van der Waals surface area contributed by atoms with Crippen LogP contribution in [0.25, 0.3) is 23.1 Å². The van der Waals surface area contributed by atoms with E-state index in [9.17, 15) is 14.4 Å². The Morgan fingerprint density at radius 1 is 1.05 bits per heavy atom. The number of nitrogens with zero attached hydrogens (tertiary/aromatic N) is 3. The van der Waals surface area contributed by atoms with Crippen LogP contribution < -0.4 is 5.32 Å². The number of benzene rings is 2. The quantitative estimate of drug-likeness (QED) is 0.296. The van der Waals surface area contributed by atoms with Gasteiger partial charge in [0, 0.05) is 28.4 Å². The summed E-state index contributed by atoms with van der Waals surface area (Å²) in [4.78, 5) is 41.0. The van der Waals surface area contributed by atoms with Gasteiger partial charge in [-0.2, -0.15) is 5.10 Å². The van der Waals surface area contributed by atoms with Crippen molar-refractivity contribution in [3.05, 3.63) is 83.8 Å². The molecule has 0 aliphatic rings. The third-order valence-electron chi connectivity index (χ3n) is 5.33. The molecule has 2 aromatic carbocycles. The Morgan fingerprint density at radius 2 is 1.86 bits per heavy atom. The van der Waals surface area contributed by atoms with Crippen LogP contribution in [0.4, 0.5) is 0 Å². The van der Waals surface area contributed by atoms with Crippen molar-refractivity contribution in [3.63, 3.8) is 0 Å². The number of ether oxygens (including phenoxy) is 1. The predicted octanol–water partition coefficient (Wildman–Crippen LogP) is 4.48. The molecule has 0 fully saturated rings. The second-order valence-corrected chi connectivity index (χ2v) is 8.98. The summed E-state index contributed by atoms with van der Waals surface area (Å²) >= 11 is 1.43. The average Bonchev–Trinajstić information content (AvgIpc) is 3.26. The molecule has 188 valence electrons. The molecular weight excluding hydrogens is 492 g/mol. The maximum atomic E-state index is 12.3. The summed E-state index contributed by atoms with van der Waals surface area (Å²) in [6.45, 7) is -0.171. The summed E-state index contributed by atoms with van der Waals surface area (Å²) < 4.78 is 6.84. The van der Waals surface area contributed by atoms with E-state index in [4.69, 9.17) is 9.84 Å². The maximum Gasteiger partial charge on any atom is 0.308 e. The normalized spacial score (nSPS) is 11.1. The van der Waals surface area contributed by atoms with Crippen molar-refractivity contribution >= 4 is 52.7 Å². The lowest BCUT2D eigenvalue weighted by atomic mass is 10.2. The Morgan fingerprint density at radius 3 is 2.62 bits per heavy atom. The highest BCUT2D eigenvalue weighted by atomic mass is 32.2. The molecule has 0 atom stereocenters. The summed E-state index contributed by atoms with van der Waals surface area (Å²) in [6.07, 6.45) is 4.85. The fourth-order valence-electron chi connectivity index (χ4n) is 3.52. The van der Waals surface area contributed by atoms with E-state index in [1.807, 2.05) is 66.7 Å². The molecule has 37 heavy (non-hydrogen) atoms. The Labute approximate surface area is 217 Å². The molecule has 0 saturated carbocycles. The number of carboxylic acid groups (broad SMARTS) is 1. The lowest BCUT2D eigenvalue weighted by Crippen LogP contribution is -2.18. The van der Waals surface area contributed by atoms with Gasteiger partial charge in [-0.15, -0.1) is 0 Å². The molecule has 2 heterocycles. The van der Waals surface area contributed by atoms with Gasteiger partial charge < -0.3 is 15.2 Å². The van der Waals surface area contributed by atoms with Gasteiger partial charge in [0.05, 0.1) is 35.3 Å². The van der Waals surface area contributed by atoms with Gasteiger partial charge in [0.1, 0.15) is 0 Å². The standard InChI is InChI=1S/C27H24N4O5S/c1-28-27(35)21-7-2-3-8-24(21)37-19-10-11-20-22(12-9-18-6-4-5-15-29-18)30-31(23(20)16-19)17-36-26(34)14-13-25(32)33/h2-12,15-16H,13-14,17H2,1H3,(H,28,35)(H,32,33)/b12-9+. The van der Waals surface area contributed by atoms with Gasteiger partial charge in [0.2, 0.25) is 0 Å². The average molecular weight is 517 g/mol. The molecule has 2 aromatic heterocycles. The summed E-state index contributed by atoms with van der Waals surface area (Å²) in [6, 6.07) is 18.7. The van der Waals surface area contributed by atoms with Gasteiger partial charge >= 0.3 is 11.9 Å². The third-order valence-corrected chi connectivity index (χ3v) is 6.39. The van der Waals surface area contributed by atoms with Crippen LogP contribution in [0.1, 0.15) is 34.6 Å². The van der Waals surface area contributed by atoms with Crippen LogP contribution in [0.2, 0.25) is 0 Å². The van der Waals surface area contributed by atoms with Gasteiger partial charge in [-0.1, -0.05) is 30.0 Å². The van der Waals surface area contributed by atoms with Crippen LogP contribution in [-0.4, -0.2) is 44.8 Å². The molecule has 4 aromatic rings. The SMILES string of the molecule is CNC(=O)c1ccccc1Sc1ccc2c(/C=C/c3ccccn3)nn(COC(=O)CCC(=O)O)c2c1. The van der Waals surface area contributed by atoms with E-state index in [2.05, 4.69) is 15.4 Å². The number of aromatic nitrogens is 3. The zero-order valence-corrected chi connectivity index (χ0v) is 20.8. The molecule has 0 unspecified atom stereocenters. The molecule has 0 aliphatic heterocycles. The highest BCUT2D eigenvalue weighted by Gasteiger charge is 2.15. The highest BCUT2D eigenvalue weighted by molar-refractivity contribution is 7.99. The summed E-state index contributed by atoms with van der Waals surface area (Å²) in [7, 11) is 1.59. The summed E-state index contributed by atoms with van der Waals surface area (Å²) in [5.41, 5.74) is 2.71. The topological polar surface area (TPSA) is 123 Å². The third kappa shape index (κ3) is 6.62. The van der Waals surface area contributed by atoms with E-state index in [0.29, 0.717) is 16.8 Å². The first kappa shape index (κ1) is 25.6. The minimum absolute atomic E-state index is 0.171. The predicted molar refractivity (Wildman–Crippen MR) is 140 cm³/mol. The first-order valence-corrected chi connectivity index (χ1v) is 12.2. The maximum absolute atomic E-state index is 12.3. The minimum atomic E-state index is -1.07. The van der Waals surface area contributed by atoms with Crippen molar-refractivity contribution in [3.8, 4) is 0 Å². The van der Waals surface area contributed by atoms with E-state index >= 15 is 0 Å². The monoisotopic (exact) mass is 516 g/mol. The molecular formula is C27H24N4O5S. The van der Waals surface area contributed by atoms with Crippen LogP contribution in [0.15, 0.2) is 76.7 Å². The van der Waals surface area contributed by atoms with Gasteiger partial charge in [-0.25, -0.2) is 4.68 Å². The number of carbonyl (C=O) groups is 3. The number of hydrogen-bond acceptors (Lipinski definition) is 7. The molecule has 10 heteroatoms. The lowest BCUT2D eigenvalue weighted by molar-refractivity contribution is -0.150. The number of hydrogen-bond donors (Lipinski definition) is 2. The molecule has 0 radical (unpaired) electrons. The van der Waals surface area contributed by atoms with Gasteiger partial charge in [0.15, 0.2) is 6.73 Å². The number of rotatable bonds is 10. The zero-order valence-electron chi connectivity index (χ0n) is 20.0. The molecule has 0 saturated heterocycles.